The van der Waals surface area contributed by atoms with Gasteiger partial charge in [0, 0.05) is 12.5 Å². The number of aromatic nitrogens is 5. The molecule has 1 aromatic carbocycles. The van der Waals surface area contributed by atoms with Gasteiger partial charge in [-0.1, -0.05) is 5.21 Å². The average molecular weight is 324 g/mol. The minimum absolute atomic E-state index is 0.324. The Kier molecular flexibility index (Phi) is 3.86. The smallest absolute Gasteiger partial charge is 0.187 e. The molecule has 0 bridgehead atoms. The normalized spacial score (nSPS) is 20.6. The molecular formula is C17H20N6O. The molecule has 24 heavy (non-hydrogen) atoms. The highest BCUT2D eigenvalue weighted by Crippen LogP contribution is 2.27. The molecule has 0 radical (unpaired) electrons. The third-order valence-corrected chi connectivity index (χ3v) is 4.61. The van der Waals surface area contributed by atoms with E-state index in [9.17, 15) is 0 Å². The Labute approximate surface area is 139 Å². The van der Waals surface area contributed by atoms with Crippen LogP contribution < -0.4 is 10.5 Å². The number of nitrogens with zero attached hydrogens (tertiary/aromatic N) is 5. The summed E-state index contributed by atoms with van der Waals surface area (Å²) in [7, 11) is 1.65. The molecule has 1 saturated carbocycles. The first-order valence-electron chi connectivity index (χ1n) is 8.20. The van der Waals surface area contributed by atoms with Crippen molar-refractivity contribution in [3.63, 3.8) is 0 Å². The molecule has 124 valence electrons. The van der Waals surface area contributed by atoms with Gasteiger partial charge in [-0.05, 0) is 49.4 Å². The first-order valence-corrected chi connectivity index (χ1v) is 8.20. The highest BCUT2D eigenvalue weighted by Gasteiger charge is 2.23. The van der Waals surface area contributed by atoms with E-state index in [1.165, 1.54) is 0 Å². The lowest BCUT2D eigenvalue weighted by molar-refractivity contribution is 0.414. The summed E-state index contributed by atoms with van der Waals surface area (Å²) in [5, 5.41) is 8.37. The van der Waals surface area contributed by atoms with E-state index >= 15 is 0 Å². The van der Waals surface area contributed by atoms with Crippen LogP contribution in [-0.4, -0.2) is 38.1 Å². The van der Waals surface area contributed by atoms with Gasteiger partial charge in [-0.3, -0.25) is 0 Å². The molecule has 1 aliphatic carbocycles. The van der Waals surface area contributed by atoms with Crippen molar-refractivity contribution >= 4 is 11.2 Å². The lowest BCUT2D eigenvalue weighted by atomic mass is 10.0. The van der Waals surface area contributed by atoms with Crippen molar-refractivity contribution in [3.8, 4) is 11.4 Å². The lowest BCUT2D eigenvalue weighted by Crippen LogP contribution is -2.15. The number of rotatable bonds is 4. The summed E-state index contributed by atoms with van der Waals surface area (Å²) in [4.78, 5) is 9.14. The van der Waals surface area contributed by atoms with E-state index in [1.54, 1.807) is 18.0 Å². The fraction of sp³-hybridized carbons (Fsp3) is 0.412. The van der Waals surface area contributed by atoms with Crippen LogP contribution in [0.4, 0.5) is 0 Å². The number of methoxy groups -OCH3 is 1. The predicted molar refractivity (Wildman–Crippen MR) is 90.0 cm³/mol. The summed E-state index contributed by atoms with van der Waals surface area (Å²) >= 11 is 0. The largest absolute Gasteiger partial charge is 0.497 e. The predicted octanol–water partition coefficient (Wildman–Crippen LogP) is 1.89. The van der Waals surface area contributed by atoms with E-state index in [-0.39, 0.29) is 0 Å². The van der Waals surface area contributed by atoms with Gasteiger partial charge in [0.1, 0.15) is 11.6 Å². The molecule has 0 amide bonds. The molecule has 3 aromatic rings. The van der Waals surface area contributed by atoms with Crippen LogP contribution in [0.3, 0.4) is 0 Å². The second-order valence-corrected chi connectivity index (χ2v) is 6.34. The molecule has 0 aliphatic heterocycles. The molecule has 0 spiro atoms. The maximum absolute atomic E-state index is 6.00. The average Bonchev–Trinajstić information content (AvgIpc) is 3.21. The van der Waals surface area contributed by atoms with Gasteiger partial charge in [0.05, 0.1) is 19.0 Å². The standard InChI is InChI=1S/C17H20N6O/c1-24-14-6-4-13(5-7-14)23-17-15(21-22-23)10-19-16(20-17)9-11-2-3-12(18)8-11/h4-7,10-12H,2-3,8-9,18H2,1H3/t11-,12-/m1/s1. The van der Waals surface area contributed by atoms with Gasteiger partial charge < -0.3 is 10.5 Å². The van der Waals surface area contributed by atoms with Crippen LogP contribution in [0, 0.1) is 5.92 Å². The molecule has 1 fully saturated rings. The Morgan fingerprint density at radius 2 is 2.08 bits per heavy atom. The molecule has 7 nitrogen and oxygen atoms in total. The van der Waals surface area contributed by atoms with Crippen LogP contribution in [0.25, 0.3) is 16.9 Å². The van der Waals surface area contributed by atoms with Crippen LogP contribution in [0.2, 0.25) is 0 Å². The maximum Gasteiger partial charge on any atom is 0.187 e. The maximum atomic E-state index is 6.00. The third-order valence-electron chi connectivity index (χ3n) is 4.61. The summed E-state index contributed by atoms with van der Waals surface area (Å²) in [6.45, 7) is 0. The monoisotopic (exact) mass is 324 g/mol. The van der Waals surface area contributed by atoms with Gasteiger partial charge in [0.2, 0.25) is 0 Å². The van der Waals surface area contributed by atoms with Gasteiger partial charge in [0.25, 0.3) is 0 Å². The summed E-state index contributed by atoms with van der Waals surface area (Å²) in [5.74, 6) is 2.21. The van der Waals surface area contributed by atoms with Crippen molar-refractivity contribution in [3.05, 3.63) is 36.3 Å². The second-order valence-electron chi connectivity index (χ2n) is 6.34. The van der Waals surface area contributed by atoms with Crippen molar-refractivity contribution in [1.29, 1.82) is 0 Å². The van der Waals surface area contributed by atoms with Crippen molar-refractivity contribution < 1.29 is 4.74 Å². The first-order chi connectivity index (χ1) is 11.7. The van der Waals surface area contributed by atoms with E-state index in [4.69, 9.17) is 15.5 Å². The molecule has 0 saturated heterocycles. The molecular weight excluding hydrogens is 304 g/mol. The molecule has 2 atom stereocenters. The van der Waals surface area contributed by atoms with E-state index in [0.717, 1.165) is 48.6 Å². The summed E-state index contributed by atoms with van der Waals surface area (Å²) in [5.41, 5.74) is 8.32. The van der Waals surface area contributed by atoms with Gasteiger partial charge >= 0.3 is 0 Å². The molecule has 7 heteroatoms. The van der Waals surface area contributed by atoms with Crippen molar-refractivity contribution in [2.75, 3.05) is 7.11 Å². The highest BCUT2D eigenvalue weighted by molar-refractivity contribution is 5.70. The summed E-state index contributed by atoms with van der Waals surface area (Å²) < 4.78 is 6.93. The molecule has 1 aliphatic rings. The Bertz CT molecular complexity index is 844. The third kappa shape index (κ3) is 2.82. The molecule has 2 aromatic heterocycles. The fourth-order valence-electron chi connectivity index (χ4n) is 3.32. The molecule has 2 heterocycles. The zero-order valence-electron chi connectivity index (χ0n) is 13.6. The number of ether oxygens (including phenoxy) is 1. The van der Waals surface area contributed by atoms with Crippen molar-refractivity contribution in [1.82, 2.24) is 25.0 Å². The number of benzene rings is 1. The summed E-state index contributed by atoms with van der Waals surface area (Å²) in [6.07, 6.45) is 5.91. The van der Waals surface area contributed by atoms with Crippen LogP contribution in [0.15, 0.2) is 30.5 Å². The van der Waals surface area contributed by atoms with Crippen molar-refractivity contribution in [2.24, 2.45) is 11.7 Å². The Morgan fingerprint density at radius 3 is 2.79 bits per heavy atom. The zero-order valence-corrected chi connectivity index (χ0v) is 13.6. The van der Waals surface area contributed by atoms with Gasteiger partial charge in [-0.15, -0.1) is 5.10 Å². The SMILES string of the molecule is COc1ccc(-n2nnc3cnc(C[C@@H]4CC[C@@H](N)C4)nc32)cc1. The topological polar surface area (TPSA) is 91.7 Å². The number of hydrogen-bond donors (Lipinski definition) is 1. The van der Waals surface area contributed by atoms with Crippen molar-refractivity contribution in [2.45, 2.75) is 31.7 Å². The lowest BCUT2D eigenvalue weighted by Gasteiger charge is -2.08. The Balaban J connectivity index is 1.65. The van der Waals surface area contributed by atoms with Gasteiger partial charge in [0.15, 0.2) is 11.2 Å². The minimum atomic E-state index is 0.324. The van der Waals surface area contributed by atoms with Crippen LogP contribution in [-0.2, 0) is 6.42 Å². The Morgan fingerprint density at radius 1 is 1.25 bits per heavy atom. The Hall–Kier alpha value is -2.54. The number of hydrogen-bond acceptors (Lipinski definition) is 6. The molecule has 2 N–H and O–H groups in total. The summed E-state index contributed by atoms with van der Waals surface area (Å²) in [6, 6.07) is 7.98. The van der Waals surface area contributed by atoms with Gasteiger partial charge in [-0.25, -0.2) is 9.97 Å². The van der Waals surface area contributed by atoms with Crippen LogP contribution in [0.5, 0.6) is 5.75 Å². The molecule has 4 rings (SSSR count). The van der Waals surface area contributed by atoms with E-state index in [1.807, 2.05) is 24.3 Å². The molecule has 0 unspecified atom stereocenters. The number of nitrogens with two attached hydrogens (primary N) is 1. The van der Waals surface area contributed by atoms with Crippen LogP contribution in [0.1, 0.15) is 25.1 Å². The fourth-order valence-corrected chi connectivity index (χ4v) is 3.32. The van der Waals surface area contributed by atoms with Crippen LogP contribution >= 0.6 is 0 Å². The zero-order chi connectivity index (χ0) is 16.5. The van der Waals surface area contributed by atoms with E-state index in [2.05, 4.69) is 15.3 Å². The van der Waals surface area contributed by atoms with E-state index < -0.39 is 0 Å². The first kappa shape index (κ1) is 15.0. The number of fused-ring (bicyclic) bond motifs is 1. The quantitative estimate of drug-likeness (QED) is 0.788. The minimum Gasteiger partial charge on any atom is -0.497 e. The van der Waals surface area contributed by atoms with Gasteiger partial charge in [-0.2, -0.15) is 4.68 Å². The second kappa shape index (κ2) is 6.16. The highest BCUT2D eigenvalue weighted by atomic mass is 16.5. The van der Waals surface area contributed by atoms with E-state index in [0.29, 0.717) is 17.5 Å².